The third kappa shape index (κ3) is 4.32. The molecule has 0 aromatic heterocycles. The number of methoxy groups -OCH3 is 2. The Morgan fingerprint density at radius 3 is 2.56 bits per heavy atom. The van der Waals surface area contributed by atoms with E-state index in [9.17, 15) is 4.79 Å². The number of benzene rings is 2. The van der Waals surface area contributed by atoms with Crippen molar-refractivity contribution in [3.63, 3.8) is 0 Å². The maximum Gasteiger partial charge on any atom is 0.238 e. The number of fused-ring (bicyclic) bond motifs is 1. The molecule has 5 nitrogen and oxygen atoms in total. The van der Waals surface area contributed by atoms with Crippen molar-refractivity contribution < 1.29 is 14.3 Å². The molecule has 0 unspecified atom stereocenters. The molecular formula is C19H21BrN2O3. The van der Waals surface area contributed by atoms with E-state index in [1.165, 1.54) is 11.1 Å². The SMILES string of the molecule is COc1cc2c(cc1OC)CN(CC(=O)Nc1cccc(Br)c1)CC2. The number of nitrogens with zero attached hydrogens (tertiary/aromatic N) is 1. The molecule has 0 saturated heterocycles. The summed E-state index contributed by atoms with van der Waals surface area (Å²) < 4.78 is 11.7. The van der Waals surface area contributed by atoms with Gasteiger partial charge in [-0.15, -0.1) is 0 Å². The number of hydrogen-bond donors (Lipinski definition) is 1. The molecule has 0 fully saturated rings. The van der Waals surface area contributed by atoms with Crippen molar-refractivity contribution in [2.75, 3.05) is 32.6 Å². The lowest BCUT2D eigenvalue weighted by Gasteiger charge is -2.29. The van der Waals surface area contributed by atoms with Crippen LogP contribution in [0.3, 0.4) is 0 Å². The van der Waals surface area contributed by atoms with Gasteiger partial charge in [0.2, 0.25) is 5.91 Å². The number of anilines is 1. The first-order valence-electron chi connectivity index (χ1n) is 8.10. The first-order chi connectivity index (χ1) is 12.1. The van der Waals surface area contributed by atoms with E-state index in [1.807, 2.05) is 36.4 Å². The molecule has 1 amide bonds. The molecule has 6 heteroatoms. The average Bonchev–Trinajstić information content (AvgIpc) is 2.60. The highest BCUT2D eigenvalue weighted by molar-refractivity contribution is 9.10. The first kappa shape index (κ1) is 17.8. The number of nitrogens with one attached hydrogen (secondary N) is 1. The standard InChI is InChI=1S/C19H21BrN2O3/c1-24-17-8-13-6-7-22(11-14(13)9-18(17)25-2)12-19(23)21-16-5-3-4-15(20)10-16/h3-5,8-10H,6-7,11-12H2,1-2H3,(H,21,23). The summed E-state index contributed by atoms with van der Waals surface area (Å²) in [6.45, 7) is 1.93. The van der Waals surface area contributed by atoms with Crippen molar-refractivity contribution in [2.24, 2.45) is 0 Å². The Bertz CT molecular complexity index is 779. The summed E-state index contributed by atoms with van der Waals surface area (Å²) in [7, 11) is 3.28. The molecular weight excluding hydrogens is 384 g/mol. The van der Waals surface area contributed by atoms with Crippen LogP contribution in [0, 0.1) is 0 Å². The summed E-state index contributed by atoms with van der Waals surface area (Å²) >= 11 is 3.41. The molecule has 1 N–H and O–H groups in total. The summed E-state index contributed by atoms with van der Waals surface area (Å²) in [6.07, 6.45) is 0.889. The maximum absolute atomic E-state index is 12.3. The van der Waals surface area contributed by atoms with E-state index in [-0.39, 0.29) is 5.91 Å². The molecule has 0 saturated carbocycles. The molecule has 1 aliphatic heterocycles. The minimum absolute atomic E-state index is 0.0120. The normalized spacial score (nSPS) is 13.9. The molecule has 1 heterocycles. The molecule has 0 radical (unpaired) electrons. The van der Waals surface area contributed by atoms with Crippen molar-refractivity contribution in [2.45, 2.75) is 13.0 Å². The van der Waals surface area contributed by atoms with Gasteiger partial charge in [-0.05, 0) is 47.9 Å². The fourth-order valence-corrected chi connectivity index (χ4v) is 3.45. The van der Waals surface area contributed by atoms with E-state index < -0.39 is 0 Å². The number of hydrogen-bond acceptors (Lipinski definition) is 4. The topological polar surface area (TPSA) is 50.8 Å². The summed E-state index contributed by atoms with van der Waals surface area (Å²) in [5, 5.41) is 2.94. The summed E-state index contributed by atoms with van der Waals surface area (Å²) in [5.41, 5.74) is 3.23. The minimum atomic E-state index is -0.0120. The van der Waals surface area contributed by atoms with Gasteiger partial charge >= 0.3 is 0 Å². The Balaban J connectivity index is 1.65. The predicted molar refractivity (Wildman–Crippen MR) is 101 cm³/mol. The summed E-state index contributed by atoms with van der Waals surface area (Å²) in [4.78, 5) is 14.5. The smallest absolute Gasteiger partial charge is 0.238 e. The highest BCUT2D eigenvalue weighted by atomic mass is 79.9. The zero-order chi connectivity index (χ0) is 17.8. The predicted octanol–water partition coefficient (Wildman–Crippen LogP) is 3.46. The number of amides is 1. The van der Waals surface area contributed by atoms with Gasteiger partial charge < -0.3 is 14.8 Å². The second kappa shape index (κ2) is 7.89. The van der Waals surface area contributed by atoms with Crippen LogP contribution in [0.15, 0.2) is 40.9 Å². The Morgan fingerprint density at radius 1 is 1.16 bits per heavy atom. The number of carbonyl (C=O) groups is 1. The van der Waals surface area contributed by atoms with E-state index in [1.54, 1.807) is 14.2 Å². The summed E-state index contributed by atoms with van der Waals surface area (Å²) in [5.74, 6) is 1.46. The Kier molecular flexibility index (Phi) is 5.60. The lowest BCUT2D eigenvalue weighted by Crippen LogP contribution is -2.37. The van der Waals surface area contributed by atoms with Crippen molar-refractivity contribution in [1.82, 2.24) is 4.90 Å². The molecule has 25 heavy (non-hydrogen) atoms. The first-order valence-corrected chi connectivity index (χ1v) is 8.90. The van der Waals surface area contributed by atoms with Gasteiger partial charge in [0, 0.05) is 23.2 Å². The second-order valence-corrected chi connectivity index (χ2v) is 6.91. The van der Waals surface area contributed by atoms with Crippen LogP contribution in [0.25, 0.3) is 0 Å². The van der Waals surface area contributed by atoms with Crippen molar-refractivity contribution >= 4 is 27.5 Å². The van der Waals surface area contributed by atoms with Gasteiger partial charge in [0.15, 0.2) is 11.5 Å². The highest BCUT2D eigenvalue weighted by Gasteiger charge is 2.21. The Labute approximate surface area is 156 Å². The van der Waals surface area contributed by atoms with Gasteiger partial charge in [-0.3, -0.25) is 9.69 Å². The third-order valence-corrected chi connectivity index (χ3v) is 4.77. The van der Waals surface area contributed by atoms with E-state index in [2.05, 4.69) is 26.1 Å². The fraction of sp³-hybridized carbons (Fsp3) is 0.316. The van der Waals surface area contributed by atoms with Crippen molar-refractivity contribution in [3.05, 3.63) is 52.0 Å². The quantitative estimate of drug-likeness (QED) is 0.828. The zero-order valence-electron chi connectivity index (χ0n) is 14.3. The van der Waals surface area contributed by atoms with Gasteiger partial charge in [0.1, 0.15) is 0 Å². The van der Waals surface area contributed by atoms with E-state index in [4.69, 9.17) is 9.47 Å². The number of halogens is 1. The monoisotopic (exact) mass is 404 g/mol. The van der Waals surface area contributed by atoms with Crippen molar-refractivity contribution in [3.8, 4) is 11.5 Å². The van der Waals surface area contributed by atoms with Crippen molar-refractivity contribution in [1.29, 1.82) is 0 Å². The number of carbonyl (C=O) groups excluding carboxylic acids is 1. The zero-order valence-corrected chi connectivity index (χ0v) is 15.9. The van der Waals surface area contributed by atoms with Crippen LogP contribution >= 0.6 is 15.9 Å². The van der Waals surface area contributed by atoms with E-state index in [0.717, 1.165) is 41.2 Å². The van der Waals surface area contributed by atoms with Gasteiger partial charge in [-0.2, -0.15) is 0 Å². The largest absolute Gasteiger partial charge is 0.493 e. The highest BCUT2D eigenvalue weighted by Crippen LogP contribution is 2.33. The van der Waals surface area contributed by atoms with Crippen LogP contribution in [0.5, 0.6) is 11.5 Å². The van der Waals surface area contributed by atoms with Gasteiger partial charge in [0.05, 0.1) is 20.8 Å². The lowest BCUT2D eigenvalue weighted by atomic mass is 9.99. The van der Waals surface area contributed by atoms with Crippen LogP contribution in [0.2, 0.25) is 0 Å². The molecule has 132 valence electrons. The van der Waals surface area contributed by atoms with E-state index >= 15 is 0 Å². The molecule has 0 bridgehead atoms. The molecule has 2 aromatic rings. The summed E-state index contributed by atoms with van der Waals surface area (Å²) in [6, 6.07) is 11.6. The number of ether oxygens (including phenoxy) is 2. The Hall–Kier alpha value is -2.05. The average molecular weight is 405 g/mol. The molecule has 2 aromatic carbocycles. The van der Waals surface area contributed by atoms with Crippen LogP contribution in [-0.2, 0) is 17.8 Å². The van der Waals surface area contributed by atoms with Crippen LogP contribution in [-0.4, -0.2) is 38.1 Å². The Morgan fingerprint density at radius 2 is 1.88 bits per heavy atom. The fourth-order valence-electron chi connectivity index (χ4n) is 3.05. The molecule has 0 atom stereocenters. The van der Waals surface area contributed by atoms with Crippen LogP contribution < -0.4 is 14.8 Å². The third-order valence-electron chi connectivity index (χ3n) is 4.27. The molecule has 3 rings (SSSR count). The van der Waals surface area contributed by atoms with Crippen LogP contribution in [0.1, 0.15) is 11.1 Å². The van der Waals surface area contributed by atoms with Crippen LogP contribution in [0.4, 0.5) is 5.69 Å². The number of rotatable bonds is 5. The molecule has 0 aliphatic carbocycles. The molecule has 1 aliphatic rings. The second-order valence-electron chi connectivity index (χ2n) is 6.00. The lowest BCUT2D eigenvalue weighted by molar-refractivity contribution is -0.117. The minimum Gasteiger partial charge on any atom is -0.493 e. The molecule has 0 spiro atoms. The van der Waals surface area contributed by atoms with Gasteiger partial charge in [0.25, 0.3) is 0 Å². The van der Waals surface area contributed by atoms with E-state index in [0.29, 0.717) is 6.54 Å². The maximum atomic E-state index is 12.3. The van der Waals surface area contributed by atoms with Gasteiger partial charge in [-0.25, -0.2) is 0 Å². The van der Waals surface area contributed by atoms with Gasteiger partial charge in [-0.1, -0.05) is 22.0 Å².